The standard InChI is InChI=1S/C4H5N7O7/c12-4-7(10(15)16)2-3(8(4)11(17)18)6(1-5-2)9(13)14/h2-3,5H,1H2. The summed E-state index contributed by atoms with van der Waals surface area (Å²) >= 11 is 0. The number of nitro groups is 3. The highest BCUT2D eigenvalue weighted by atomic mass is 16.7. The molecule has 2 aliphatic rings. The number of amides is 2. The van der Waals surface area contributed by atoms with E-state index in [4.69, 9.17) is 0 Å². The third kappa shape index (κ3) is 1.35. The van der Waals surface area contributed by atoms with Gasteiger partial charge in [-0.15, -0.1) is 0 Å². The van der Waals surface area contributed by atoms with Crippen molar-refractivity contribution in [1.82, 2.24) is 20.3 Å². The van der Waals surface area contributed by atoms with Gasteiger partial charge in [0, 0.05) is 0 Å². The van der Waals surface area contributed by atoms with Gasteiger partial charge in [-0.3, -0.25) is 5.32 Å². The minimum Gasteiger partial charge on any atom is -0.266 e. The molecule has 2 unspecified atom stereocenters. The Labute approximate surface area is 96.7 Å². The first-order valence-corrected chi connectivity index (χ1v) is 4.41. The Hall–Kier alpha value is -2.77. The van der Waals surface area contributed by atoms with Crippen LogP contribution in [0, 0.1) is 30.3 Å². The first kappa shape index (κ1) is 11.7. The van der Waals surface area contributed by atoms with Crippen molar-refractivity contribution in [3.05, 3.63) is 30.3 Å². The lowest BCUT2D eigenvalue weighted by atomic mass is 10.4. The molecule has 0 saturated carbocycles. The quantitative estimate of drug-likeness (QED) is 0.439. The maximum Gasteiger partial charge on any atom is 0.439 e. The Balaban J connectivity index is 2.42. The SMILES string of the molecule is O=C1N([N+](=O)[O-])C2NCN([N+](=O)[O-])C2N1[N+](=O)[O-]. The van der Waals surface area contributed by atoms with Gasteiger partial charge >= 0.3 is 6.03 Å². The molecule has 2 aliphatic heterocycles. The van der Waals surface area contributed by atoms with Crippen molar-refractivity contribution in [3.63, 3.8) is 0 Å². The molecular weight excluding hydrogens is 258 g/mol. The van der Waals surface area contributed by atoms with Gasteiger partial charge in [0.25, 0.3) is 6.17 Å². The van der Waals surface area contributed by atoms with Crippen molar-refractivity contribution < 1.29 is 19.9 Å². The normalized spacial score (nSPS) is 26.4. The summed E-state index contributed by atoms with van der Waals surface area (Å²) in [7, 11) is 0. The molecule has 0 spiro atoms. The third-order valence-corrected chi connectivity index (χ3v) is 2.52. The van der Waals surface area contributed by atoms with E-state index in [-0.39, 0.29) is 10.0 Å². The highest BCUT2D eigenvalue weighted by Gasteiger charge is 2.67. The molecule has 0 aromatic carbocycles. The number of hydrazine groups is 3. The molecule has 2 amide bonds. The van der Waals surface area contributed by atoms with Crippen LogP contribution in [0.4, 0.5) is 4.79 Å². The molecule has 2 saturated heterocycles. The summed E-state index contributed by atoms with van der Waals surface area (Å²) in [6.07, 6.45) is -3.13. The molecule has 2 rings (SSSR count). The molecule has 0 radical (unpaired) electrons. The maximum atomic E-state index is 11.4. The average Bonchev–Trinajstić information content (AvgIpc) is 2.72. The highest BCUT2D eigenvalue weighted by Crippen LogP contribution is 2.27. The lowest BCUT2D eigenvalue weighted by molar-refractivity contribution is -0.707. The van der Waals surface area contributed by atoms with E-state index in [1.165, 1.54) is 0 Å². The zero-order valence-electron chi connectivity index (χ0n) is 8.40. The number of hydrogen-bond donors (Lipinski definition) is 1. The second-order valence-electron chi connectivity index (χ2n) is 3.35. The topological polar surface area (TPSA) is 168 Å². The Morgan fingerprint density at radius 2 is 1.61 bits per heavy atom. The minimum atomic E-state index is -1.67. The van der Waals surface area contributed by atoms with Crippen molar-refractivity contribution in [1.29, 1.82) is 0 Å². The van der Waals surface area contributed by atoms with Crippen molar-refractivity contribution in [2.75, 3.05) is 6.67 Å². The first-order valence-electron chi connectivity index (χ1n) is 4.41. The van der Waals surface area contributed by atoms with Crippen molar-refractivity contribution in [2.24, 2.45) is 0 Å². The maximum absolute atomic E-state index is 11.4. The number of fused-ring (bicyclic) bond motifs is 1. The largest absolute Gasteiger partial charge is 0.439 e. The lowest BCUT2D eigenvalue weighted by Gasteiger charge is -2.14. The van der Waals surface area contributed by atoms with Crippen LogP contribution in [0.3, 0.4) is 0 Å². The molecule has 98 valence electrons. The van der Waals surface area contributed by atoms with Gasteiger partial charge in [-0.05, 0) is 10.0 Å². The number of hydrogen-bond acceptors (Lipinski definition) is 8. The number of carbonyl (C=O) groups excluding carboxylic acids is 1. The predicted octanol–water partition coefficient (Wildman–Crippen LogP) is -2.19. The summed E-state index contributed by atoms with van der Waals surface area (Å²) in [4.78, 5) is 43.4. The van der Waals surface area contributed by atoms with E-state index in [0.717, 1.165) is 0 Å². The molecule has 1 N–H and O–H groups in total. The lowest BCUT2D eigenvalue weighted by Crippen LogP contribution is -2.50. The number of rotatable bonds is 3. The van der Waals surface area contributed by atoms with Crippen LogP contribution in [-0.2, 0) is 0 Å². The fourth-order valence-electron chi connectivity index (χ4n) is 1.85. The van der Waals surface area contributed by atoms with Gasteiger partial charge in [-0.25, -0.2) is 35.1 Å². The fourth-order valence-corrected chi connectivity index (χ4v) is 1.85. The zero-order valence-corrected chi connectivity index (χ0v) is 8.40. The van der Waals surface area contributed by atoms with Crippen LogP contribution in [0.2, 0.25) is 0 Å². The Morgan fingerprint density at radius 1 is 1.06 bits per heavy atom. The van der Waals surface area contributed by atoms with Crippen LogP contribution in [0.25, 0.3) is 0 Å². The second kappa shape index (κ2) is 3.62. The Bertz CT molecular complexity index is 451. The molecule has 0 bridgehead atoms. The second-order valence-corrected chi connectivity index (χ2v) is 3.35. The van der Waals surface area contributed by atoms with E-state index in [2.05, 4.69) is 5.32 Å². The summed E-state index contributed by atoms with van der Waals surface area (Å²) in [6, 6.07) is -1.54. The van der Waals surface area contributed by atoms with Gasteiger partial charge in [0.1, 0.15) is 6.67 Å². The summed E-state index contributed by atoms with van der Waals surface area (Å²) < 4.78 is 0. The predicted molar refractivity (Wildman–Crippen MR) is 47.5 cm³/mol. The number of urea groups is 1. The van der Waals surface area contributed by atoms with E-state index in [1.807, 2.05) is 0 Å². The molecular formula is C4H5N7O7. The minimum absolute atomic E-state index is 0.0447. The Morgan fingerprint density at radius 3 is 2.06 bits per heavy atom. The van der Waals surface area contributed by atoms with E-state index in [1.54, 1.807) is 0 Å². The molecule has 0 aromatic rings. The molecule has 2 heterocycles. The van der Waals surface area contributed by atoms with Gasteiger partial charge in [0.2, 0.25) is 6.17 Å². The van der Waals surface area contributed by atoms with Gasteiger partial charge < -0.3 is 0 Å². The molecule has 2 fully saturated rings. The Kier molecular flexibility index (Phi) is 2.35. The third-order valence-electron chi connectivity index (χ3n) is 2.52. The first-order chi connectivity index (χ1) is 8.36. The summed E-state index contributed by atoms with van der Waals surface area (Å²) in [5, 5.41) is 31.1. The van der Waals surface area contributed by atoms with Crippen LogP contribution in [0.5, 0.6) is 0 Å². The summed E-state index contributed by atoms with van der Waals surface area (Å²) in [5.41, 5.74) is 0. The van der Waals surface area contributed by atoms with Gasteiger partial charge in [0.05, 0.1) is 0 Å². The fraction of sp³-hybridized carbons (Fsp3) is 0.750. The van der Waals surface area contributed by atoms with E-state index >= 15 is 0 Å². The van der Waals surface area contributed by atoms with E-state index in [9.17, 15) is 35.1 Å². The van der Waals surface area contributed by atoms with E-state index < -0.39 is 40.1 Å². The highest BCUT2D eigenvalue weighted by molar-refractivity contribution is 5.75. The van der Waals surface area contributed by atoms with Crippen molar-refractivity contribution >= 4 is 6.03 Å². The summed E-state index contributed by atoms with van der Waals surface area (Å²) in [6.45, 7) is -0.454. The van der Waals surface area contributed by atoms with Gasteiger partial charge in [-0.1, -0.05) is 5.01 Å². The smallest absolute Gasteiger partial charge is 0.266 e. The zero-order chi connectivity index (χ0) is 13.6. The monoisotopic (exact) mass is 263 g/mol. The number of nitrogens with one attached hydrogen (secondary N) is 1. The number of carbonyl (C=O) groups is 1. The van der Waals surface area contributed by atoms with Gasteiger partial charge in [0.15, 0.2) is 15.1 Å². The van der Waals surface area contributed by atoms with Crippen LogP contribution >= 0.6 is 0 Å². The molecule has 18 heavy (non-hydrogen) atoms. The van der Waals surface area contributed by atoms with Crippen LogP contribution in [0.1, 0.15) is 0 Å². The molecule has 0 aliphatic carbocycles. The average molecular weight is 263 g/mol. The van der Waals surface area contributed by atoms with Crippen LogP contribution < -0.4 is 5.32 Å². The van der Waals surface area contributed by atoms with Crippen molar-refractivity contribution in [3.8, 4) is 0 Å². The molecule has 2 atom stereocenters. The molecule has 0 aromatic heterocycles. The molecule has 14 heteroatoms. The van der Waals surface area contributed by atoms with Crippen LogP contribution in [0.15, 0.2) is 0 Å². The van der Waals surface area contributed by atoms with E-state index in [0.29, 0.717) is 5.01 Å². The number of nitrogens with zero attached hydrogens (tertiary/aromatic N) is 6. The molecule has 14 nitrogen and oxygen atoms in total. The summed E-state index contributed by atoms with van der Waals surface area (Å²) in [5.74, 6) is 0. The van der Waals surface area contributed by atoms with Crippen molar-refractivity contribution in [2.45, 2.75) is 12.3 Å². The van der Waals surface area contributed by atoms with Crippen LogP contribution in [-0.4, -0.2) is 55.2 Å². The van der Waals surface area contributed by atoms with Gasteiger partial charge in [-0.2, -0.15) is 0 Å².